The van der Waals surface area contributed by atoms with Crippen LogP contribution in [-0.4, -0.2) is 21.9 Å². The van der Waals surface area contributed by atoms with Gasteiger partial charge in [-0.05, 0) is 34.7 Å². The topological polar surface area (TPSA) is 39.4 Å². The van der Waals surface area contributed by atoms with E-state index in [9.17, 15) is 0 Å². The first-order chi connectivity index (χ1) is 9.29. The number of hydrogen-bond acceptors (Lipinski definition) is 3. The van der Waals surface area contributed by atoms with E-state index in [2.05, 4.69) is 38.7 Å². The lowest BCUT2D eigenvalue weighted by atomic mass is 10.1. The van der Waals surface area contributed by atoms with Crippen molar-refractivity contribution in [2.24, 2.45) is 5.16 Å². The predicted molar refractivity (Wildman–Crippen MR) is 82.7 cm³/mol. The highest BCUT2D eigenvalue weighted by atomic mass is 127. The van der Waals surface area contributed by atoms with Gasteiger partial charge >= 0.3 is 0 Å². The Morgan fingerprint density at radius 1 is 1.42 bits per heavy atom. The molecule has 96 valence electrons. The van der Waals surface area contributed by atoms with Gasteiger partial charge in [-0.25, -0.2) is 4.98 Å². The van der Waals surface area contributed by atoms with Crippen LogP contribution in [0.1, 0.15) is 5.56 Å². The molecule has 0 spiro atoms. The van der Waals surface area contributed by atoms with Crippen LogP contribution in [0.4, 0.5) is 0 Å². The highest BCUT2D eigenvalue weighted by Gasteiger charge is 2.05. The summed E-state index contributed by atoms with van der Waals surface area (Å²) >= 11 is 2.26. The van der Waals surface area contributed by atoms with Gasteiger partial charge in [0.2, 0.25) is 0 Å². The third-order valence-corrected chi connectivity index (χ3v) is 3.11. The van der Waals surface area contributed by atoms with Gasteiger partial charge in [0, 0.05) is 21.5 Å². The fraction of sp³-hybridized carbons (Fsp3) is 0.143. The first-order valence-electron chi connectivity index (χ1n) is 5.63. The molecule has 1 aromatic carbocycles. The van der Waals surface area contributed by atoms with Gasteiger partial charge in [-0.2, -0.15) is 0 Å². The largest absolute Gasteiger partial charge is 0.382 e. The van der Waals surface area contributed by atoms with Gasteiger partial charge in [-0.15, -0.1) is 6.42 Å². The van der Waals surface area contributed by atoms with Crippen LogP contribution in [0.3, 0.4) is 0 Å². The van der Waals surface area contributed by atoms with Crippen molar-refractivity contribution in [1.29, 1.82) is 0 Å². The molecule has 0 aliphatic heterocycles. The van der Waals surface area contributed by atoms with Gasteiger partial charge in [0.25, 0.3) is 0 Å². The highest BCUT2D eigenvalue weighted by molar-refractivity contribution is 14.1. The van der Waals surface area contributed by atoms with Gasteiger partial charge < -0.3 is 9.40 Å². The van der Waals surface area contributed by atoms with Crippen LogP contribution in [-0.2, 0) is 11.4 Å². The van der Waals surface area contributed by atoms with Crippen LogP contribution in [0.5, 0.6) is 0 Å². The summed E-state index contributed by atoms with van der Waals surface area (Å²) < 4.78 is 3.10. The van der Waals surface area contributed by atoms with E-state index >= 15 is 0 Å². The van der Waals surface area contributed by atoms with Crippen molar-refractivity contribution in [2.45, 2.75) is 6.54 Å². The number of nitrogens with zero attached hydrogens (tertiary/aromatic N) is 3. The molecule has 0 saturated carbocycles. The monoisotopic (exact) mass is 365 g/mol. The summed E-state index contributed by atoms with van der Waals surface area (Å²) in [7, 11) is 0. The molecule has 1 heterocycles. The molecule has 0 saturated heterocycles. The summed E-state index contributed by atoms with van der Waals surface area (Å²) in [6.07, 6.45) is 10.5. The van der Waals surface area contributed by atoms with Crippen LogP contribution in [0, 0.1) is 15.9 Å². The molecule has 1 aromatic heterocycles. The molecule has 5 heteroatoms. The van der Waals surface area contributed by atoms with Gasteiger partial charge in [-0.1, -0.05) is 23.2 Å². The average Bonchev–Trinajstić information content (AvgIpc) is 2.92. The fourth-order valence-corrected chi connectivity index (χ4v) is 1.88. The molecule has 0 aliphatic rings. The van der Waals surface area contributed by atoms with Crippen molar-refractivity contribution in [3.63, 3.8) is 0 Å². The van der Waals surface area contributed by atoms with Gasteiger partial charge in [0.15, 0.2) is 6.61 Å². The maximum Gasteiger partial charge on any atom is 0.177 e. The predicted octanol–water partition coefficient (Wildman–Crippen LogP) is 2.54. The Kier molecular flexibility index (Phi) is 4.98. The number of benzene rings is 1. The van der Waals surface area contributed by atoms with Crippen molar-refractivity contribution in [3.8, 4) is 12.3 Å². The summed E-state index contributed by atoms with van der Waals surface area (Å²) in [5, 5.41) is 4.11. The molecule has 0 fully saturated rings. The highest BCUT2D eigenvalue weighted by Crippen LogP contribution is 2.09. The second-order valence-electron chi connectivity index (χ2n) is 3.76. The van der Waals surface area contributed by atoms with Crippen LogP contribution in [0.25, 0.3) is 0 Å². The molecule has 0 aliphatic carbocycles. The third-order valence-electron chi connectivity index (χ3n) is 2.39. The van der Waals surface area contributed by atoms with E-state index in [1.165, 1.54) is 3.57 Å². The van der Waals surface area contributed by atoms with E-state index in [1.807, 2.05) is 35.0 Å². The Morgan fingerprint density at radius 3 is 2.84 bits per heavy atom. The lowest BCUT2D eigenvalue weighted by molar-refractivity contribution is 0.179. The zero-order chi connectivity index (χ0) is 13.5. The number of halogens is 1. The Bertz CT molecular complexity index is 582. The molecule has 2 rings (SSSR count). The van der Waals surface area contributed by atoms with Crippen LogP contribution >= 0.6 is 22.6 Å². The number of imidazole rings is 1. The Hall–Kier alpha value is -1.81. The van der Waals surface area contributed by atoms with E-state index in [0.29, 0.717) is 6.54 Å². The van der Waals surface area contributed by atoms with Gasteiger partial charge in [0.1, 0.15) is 5.71 Å². The molecule has 0 amide bonds. The number of aromatic nitrogens is 2. The second-order valence-corrected chi connectivity index (χ2v) is 5.00. The third kappa shape index (κ3) is 4.10. The zero-order valence-corrected chi connectivity index (χ0v) is 12.3. The van der Waals surface area contributed by atoms with Crippen molar-refractivity contribution in [3.05, 3.63) is 52.1 Å². The van der Waals surface area contributed by atoms with Crippen molar-refractivity contribution in [2.75, 3.05) is 6.61 Å². The van der Waals surface area contributed by atoms with Gasteiger partial charge in [0.05, 0.1) is 12.9 Å². The minimum Gasteiger partial charge on any atom is -0.382 e. The van der Waals surface area contributed by atoms with E-state index in [1.54, 1.807) is 12.5 Å². The number of oxime groups is 1. The van der Waals surface area contributed by atoms with E-state index < -0.39 is 0 Å². The molecule has 0 N–H and O–H groups in total. The van der Waals surface area contributed by atoms with Gasteiger partial charge in [-0.3, -0.25) is 0 Å². The minimum atomic E-state index is 0.164. The standard InChI is InChI=1S/C14H12IN3O/c1-2-9-19-17-14(10-18-8-7-16-11-18)12-3-5-13(15)6-4-12/h1,3-8,11H,9-10H2/b17-14+. The summed E-state index contributed by atoms with van der Waals surface area (Å²) in [4.78, 5) is 9.11. The maximum atomic E-state index is 5.15. The lowest BCUT2D eigenvalue weighted by Gasteiger charge is -2.07. The number of rotatable bonds is 5. The van der Waals surface area contributed by atoms with Crippen LogP contribution in [0.2, 0.25) is 0 Å². The molecule has 0 radical (unpaired) electrons. The summed E-state index contributed by atoms with van der Waals surface area (Å²) in [5.41, 5.74) is 1.82. The first-order valence-corrected chi connectivity index (χ1v) is 6.71. The van der Waals surface area contributed by atoms with E-state index in [-0.39, 0.29) is 6.61 Å². The second kappa shape index (κ2) is 6.95. The normalized spacial score (nSPS) is 11.1. The van der Waals surface area contributed by atoms with Crippen molar-refractivity contribution >= 4 is 28.3 Å². The van der Waals surface area contributed by atoms with Crippen molar-refractivity contribution < 1.29 is 4.84 Å². The molecule has 0 unspecified atom stereocenters. The lowest BCUT2D eigenvalue weighted by Crippen LogP contribution is -2.11. The molecule has 0 atom stereocenters. The fourth-order valence-electron chi connectivity index (χ4n) is 1.52. The Labute approximate surface area is 125 Å². The first kappa shape index (κ1) is 13.6. The molecule has 2 aromatic rings. The van der Waals surface area contributed by atoms with E-state index in [0.717, 1.165) is 11.3 Å². The minimum absolute atomic E-state index is 0.164. The molecular weight excluding hydrogens is 353 g/mol. The zero-order valence-electron chi connectivity index (χ0n) is 10.2. The SMILES string of the molecule is C#CCO/N=C(\Cn1ccnc1)c1ccc(I)cc1. The number of terminal acetylenes is 1. The van der Waals surface area contributed by atoms with E-state index in [4.69, 9.17) is 11.3 Å². The maximum absolute atomic E-state index is 5.15. The summed E-state index contributed by atoms with van der Waals surface area (Å²) in [5.74, 6) is 2.39. The summed E-state index contributed by atoms with van der Waals surface area (Å²) in [6, 6.07) is 8.08. The van der Waals surface area contributed by atoms with Crippen LogP contribution in [0.15, 0.2) is 48.1 Å². The quantitative estimate of drug-likeness (QED) is 0.269. The Morgan fingerprint density at radius 2 is 2.21 bits per heavy atom. The molecular formula is C14H12IN3O. The average molecular weight is 365 g/mol. The van der Waals surface area contributed by atoms with Crippen molar-refractivity contribution in [1.82, 2.24) is 9.55 Å². The molecule has 19 heavy (non-hydrogen) atoms. The Balaban J connectivity index is 2.21. The smallest absolute Gasteiger partial charge is 0.177 e. The van der Waals surface area contributed by atoms with Crippen LogP contribution < -0.4 is 0 Å². The summed E-state index contributed by atoms with van der Waals surface area (Å²) in [6.45, 7) is 0.753. The molecule has 4 nitrogen and oxygen atoms in total. The molecule has 0 bridgehead atoms. The number of hydrogen-bond donors (Lipinski definition) is 0.